The predicted octanol–water partition coefficient (Wildman–Crippen LogP) is 6.22. The van der Waals surface area contributed by atoms with Gasteiger partial charge in [-0.15, -0.1) is 0 Å². The number of carbonyl (C=O) groups is 2. The van der Waals surface area contributed by atoms with E-state index in [1.165, 1.54) is 12.0 Å². The molecule has 4 heterocycles. The smallest absolute Gasteiger partial charge is 0.264 e. The number of nitrogens with zero attached hydrogens (tertiary/aromatic N) is 2. The van der Waals surface area contributed by atoms with Crippen LogP contribution in [0.4, 0.5) is 0 Å². The van der Waals surface area contributed by atoms with Gasteiger partial charge in [0.05, 0.1) is 29.1 Å². The van der Waals surface area contributed by atoms with Crippen molar-refractivity contribution in [1.82, 2.24) is 14.2 Å². The van der Waals surface area contributed by atoms with Crippen molar-refractivity contribution in [2.45, 2.75) is 126 Å². The number of hydrogen-bond donors (Lipinski definition) is 2. The Morgan fingerprint density at radius 2 is 1.69 bits per heavy atom. The van der Waals surface area contributed by atoms with E-state index >= 15 is 4.79 Å². The number of ether oxygens (including phenoxy) is 1. The van der Waals surface area contributed by atoms with Crippen LogP contribution in [0.25, 0.3) is 22.2 Å². The second-order valence-electron chi connectivity index (χ2n) is 15.8. The number of methoxy groups -OCH3 is 1. The fourth-order valence-corrected chi connectivity index (χ4v) is 10.4. The highest BCUT2D eigenvalue weighted by Crippen LogP contribution is 2.67. The fourth-order valence-electron chi connectivity index (χ4n) is 9.78. The van der Waals surface area contributed by atoms with Crippen LogP contribution in [0.2, 0.25) is 0 Å². The summed E-state index contributed by atoms with van der Waals surface area (Å²) < 4.78 is 35.6. The third-order valence-corrected chi connectivity index (χ3v) is 14.0. The Bertz CT molecular complexity index is 1920. The van der Waals surface area contributed by atoms with Crippen molar-refractivity contribution in [2.75, 3.05) is 7.11 Å². The first-order valence-corrected chi connectivity index (χ1v) is 19.3. The Labute approximate surface area is 283 Å². The molecule has 3 aromatic rings. The number of benzene rings is 2. The van der Waals surface area contributed by atoms with Crippen molar-refractivity contribution in [2.24, 2.45) is 5.41 Å². The van der Waals surface area contributed by atoms with Crippen LogP contribution in [0, 0.1) is 5.41 Å². The van der Waals surface area contributed by atoms with Crippen molar-refractivity contribution in [3.8, 4) is 17.0 Å². The lowest BCUT2D eigenvalue weighted by Gasteiger charge is -2.43. The summed E-state index contributed by atoms with van der Waals surface area (Å²) >= 11 is 0. The van der Waals surface area contributed by atoms with Crippen LogP contribution in [0.3, 0.4) is 0 Å². The van der Waals surface area contributed by atoms with Gasteiger partial charge < -0.3 is 19.3 Å². The molecule has 2 amide bonds. The van der Waals surface area contributed by atoms with Crippen molar-refractivity contribution in [3.63, 3.8) is 0 Å². The van der Waals surface area contributed by atoms with Crippen LogP contribution in [-0.4, -0.2) is 64.9 Å². The summed E-state index contributed by atoms with van der Waals surface area (Å²) in [5.41, 5.74) is 4.37. The van der Waals surface area contributed by atoms with Gasteiger partial charge in [-0.25, -0.2) is 13.1 Å². The molecule has 4 fully saturated rings. The van der Waals surface area contributed by atoms with Crippen molar-refractivity contribution >= 4 is 32.7 Å². The van der Waals surface area contributed by atoms with Gasteiger partial charge in [0.15, 0.2) is 0 Å². The van der Waals surface area contributed by atoms with Gasteiger partial charge in [-0.1, -0.05) is 25.3 Å². The van der Waals surface area contributed by atoms with Gasteiger partial charge in [-0.2, -0.15) is 0 Å². The van der Waals surface area contributed by atoms with Crippen molar-refractivity contribution < 1.29 is 27.9 Å². The number of piperidine rings is 1. The molecule has 2 N–H and O–H groups in total. The minimum Gasteiger partial charge on any atom is -0.497 e. The molecule has 4 atom stereocenters. The van der Waals surface area contributed by atoms with E-state index in [0.717, 1.165) is 78.4 Å². The van der Waals surface area contributed by atoms with E-state index in [0.29, 0.717) is 25.3 Å². The highest BCUT2D eigenvalue weighted by atomic mass is 32.2. The van der Waals surface area contributed by atoms with Crippen LogP contribution in [-0.2, 0) is 21.4 Å². The predicted molar refractivity (Wildman–Crippen MR) is 185 cm³/mol. The lowest BCUT2D eigenvalue weighted by molar-refractivity contribution is -0.147. The first-order chi connectivity index (χ1) is 22.8. The topological polar surface area (TPSA) is 118 Å². The number of aliphatic hydroxyl groups is 1. The zero-order valence-corrected chi connectivity index (χ0v) is 29.2. The third kappa shape index (κ3) is 4.91. The van der Waals surface area contributed by atoms with E-state index in [-0.39, 0.29) is 29.5 Å². The zero-order valence-electron chi connectivity index (χ0n) is 28.4. The van der Waals surface area contributed by atoms with Gasteiger partial charge in [-0.05, 0) is 113 Å². The average Bonchev–Trinajstić information content (AvgIpc) is 3.63. The van der Waals surface area contributed by atoms with Gasteiger partial charge in [-0.3, -0.25) is 9.59 Å². The maximum atomic E-state index is 15.0. The molecule has 4 unspecified atom stereocenters. The molecular weight excluding hydrogens is 627 g/mol. The Hall–Kier alpha value is -3.37. The lowest BCUT2D eigenvalue weighted by atomic mass is 9.81. The van der Waals surface area contributed by atoms with Crippen LogP contribution in [0.5, 0.6) is 5.75 Å². The molecule has 48 heavy (non-hydrogen) atoms. The Morgan fingerprint density at radius 1 is 0.979 bits per heavy atom. The molecule has 1 aromatic heterocycles. The number of amides is 2. The average molecular weight is 674 g/mol. The standard InChI is InChI=1S/C38H47N3O6S/c1-22(2)48(45,46)39-35(42)24-10-14-29-32(16-24)40-21-38(36(43)41-25-11-12-26(41)19-37(3,44)18-25)20-31(38)30-17-27(47-4)13-15-28(30)34(40)33(29)23-8-6-5-7-9-23/h10,13-17,22-23,25-26,31,44H,5-9,11-12,18-21H2,1-4H3,(H,39,42). The highest BCUT2D eigenvalue weighted by molar-refractivity contribution is 7.90. The van der Waals surface area contributed by atoms with E-state index < -0.39 is 32.2 Å². The summed E-state index contributed by atoms with van der Waals surface area (Å²) in [6, 6.07) is 11.9. The summed E-state index contributed by atoms with van der Waals surface area (Å²) in [6.45, 7) is 5.48. The number of hydrogen-bond acceptors (Lipinski definition) is 6. The summed E-state index contributed by atoms with van der Waals surface area (Å²) in [6.07, 6.45) is 9.45. The molecule has 256 valence electrons. The van der Waals surface area contributed by atoms with Gasteiger partial charge in [0.25, 0.3) is 5.91 Å². The Morgan fingerprint density at radius 3 is 2.35 bits per heavy atom. The maximum Gasteiger partial charge on any atom is 0.264 e. The molecule has 2 aromatic carbocycles. The Balaban J connectivity index is 1.32. The highest BCUT2D eigenvalue weighted by Gasteiger charge is 2.66. The molecule has 2 bridgehead atoms. The van der Waals surface area contributed by atoms with E-state index in [1.807, 2.05) is 25.1 Å². The normalized spacial score (nSPS) is 29.6. The number of fused-ring (bicyclic) bond motifs is 9. The van der Waals surface area contributed by atoms with Crippen LogP contribution >= 0.6 is 0 Å². The fraction of sp³-hybridized carbons (Fsp3) is 0.579. The Kier molecular flexibility index (Phi) is 7.35. The number of rotatable bonds is 6. The molecule has 2 saturated heterocycles. The SMILES string of the molecule is COc1ccc2c(c1)C1CC1(C(=O)N1C3CCC1CC(C)(O)C3)Cn1c-2c(C2CCCCC2)c2ccc(C(=O)NS(=O)(=O)C(C)C)cc21. The molecular formula is C38H47N3O6S. The molecule has 3 aliphatic heterocycles. The summed E-state index contributed by atoms with van der Waals surface area (Å²) in [7, 11) is -2.14. The quantitative estimate of drug-likeness (QED) is 0.321. The zero-order chi connectivity index (χ0) is 33.7. The molecule has 9 nitrogen and oxygen atoms in total. The van der Waals surface area contributed by atoms with Crippen LogP contribution in [0.15, 0.2) is 36.4 Å². The summed E-state index contributed by atoms with van der Waals surface area (Å²) in [5, 5.41) is 11.3. The first kappa shape index (κ1) is 31.9. The number of sulfonamides is 1. The largest absolute Gasteiger partial charge is 0.497 e. The second-order valence-corrected chi connectivity index (χ2v) is 18.0. The van der Waals surface area contributed by atoms with Gasteiger partial charge in [0.1, 0.15) is 5.75 Å². The van der Waals surface area contributed by atoms with E-state index in [1.54, 1.807) is 27.0 Å². The minimum absolute atomic E-state index is 0.0220. The van der Waals surface area contributed by atoms with Gasteiger partial charge >= 0.3 is 0 Å². The van der Waals surface area contributed by atoms with Crippen LogP contribution in [0.1, 0.15) is 118 Å². The molecule has 8 rings (SSSR count). The molecule has 2 aliphatic carbocycles. The summed E-state index contributed by atoms with van der Waals surface area (Å²) in [5.74, 6) is 0.662. The second kappa shape index (κ2) is 11.1. The minimum atomic E-state index is -3.82. The van der Waals surface area contributed by atoms with Gasteiger partial charge in [0, 0.05) is 46.6 Å². The first-order valence-electron chi connectivity index (χ1n) is 17.8. The monoisotopic (exact) mass is 673 g/mol. The van der Waals surface area contributed by atoms with E-state index in [2.05, 4.69) is 26.3 Å². The van der Waals surface area contributed by atoms with E-state index in [4.69, 9.17) is 4.74 Å². The van der Waals surface area contributed by atoms with Gasteiger partial charge in [0.2, 0.25) is 15.9 Å². The maximum absolute atomic E-state index is 15.0. The lowest BCUT2D eigenvalue weighted by Crippen LogP contribution is -2.54. The molecule has 5 aliphatic rings. The molecule has 2 saturated carbocycles. The van der Waals surface area contributed by atoms with E-state index in [9.17, 15) is 18.3 Å². The van der Waals surface area contributed by atoms with Crippen molar-refractivity contribution in [3.05, 3.63) is 53.1 Å². The van der Waals surface area contributed by atoms with Crippen LogP contribution < -0.4 is 9.46 Å². The molecule has 0 radical (unpaired) electrons. The summed E-state index contributed by atoms with van der Waals surface area (Å²) in [4.78, 5) is 30.6. The molecule has 0 spiro atoms. The van der Waals surface area contributed by atoms with Crippen molar-refractivity contribution in [1.29, 1.82) is 0 Å². The number of carbonyl (C=O) groups excluding carboxylic acids is 2. The third-order valence-electron chi connectivity index (χ3n) is 12.3. The number of aromatic nitrogens is 1. The molecule has 10 heteroatoms. The number of nitrogens with one attached hydrogen (secondary N) is 1.